The Bertz CT molecular complexity index is 841. The number of hydrogen-bond donors (Lipinski definition) is 0. The highest BCUT2D eigenvalue weighted by Gasteiger charge is 2.27. The summed E-state index contributed by atoms with van der Waals surface area (Å²) in [5.74, 6) is -0.614. The Balaban J connectivity index is 1.66. The Kier molecular flexibility index (Phi) is 5.46. The zero-order valence-corrected chi connectivity index (χ0v) is 16.4. The summed E-state index contributed by atoms with van der Waals surface area (Å²) in [6.45, 7) is 6.17. The number of nitrogens with zero attached hydrogens (tertiary/aromatic N) is 3. The molecule has 1 aliphatic heterocycles. The van der Waals surface area contributed by atoms with Gasteiger partial charge >= 0.3 is 0 Å². The summed E-state index contributed by atoms with van der Waals surface area (Å²) in [7, 11) is 0. The number of amides is 2. The fourth-order valence-corrected chi connectivity index (χ4v) is 3.56. The van der Waals surface area contributed by atoms with E-state index in [0.29, 0.717) is 49.5 Å². The first-order chi connectivity index (χ1) is 12.4. The number of halogens is 2. The van der Waals surface area contributed by atoms with Crippen molar-refractivity contribution in [1.29, 1.82) is 0 Å². The van der Waals surface area contributed by atoms with Crippen molar-refractivity contribution in [1.82, 2.24) is 14.4 Å². The van der Waals surface area contributed by atoms with Crippen LogP contribution in [0.5, 0.6) is 0 Å². The van der Waals surface area contributed by atoms with Crippen LogP contribution >= 0.6 is 15.9 Å². The molecule has 2 aromatic rings. The Labute approximate surface area is 160 Å². The summed E-state index contributed by atoms with van der Waals surface area (Å²) in [4.78, 5) is 28.7. The molecule has 0 unspecified atom stereocenters. The molecule has 1 fully saturated rings. The van der Waals surface area contributed by atoms with Gasteiger partial charge in [0.05, 0.1) is 0 Å². The molecule has 0 spiro atoms. The van der Waals surface area contributed by atoms with Crippen LogP contribution in [0.2, 0.25) is 0 Å². The minimum Gasteiger partial charge on any atom is -0.343 e. The van der Waals surface area contributed by atoms with E-state index in [1.165, 1.54) is 6.07 Å². The van der Waals surface area contributed by atoms with Crippen molar-refractivity contribution in [2.45, 2.75) is 20.4 Å². The van der Waals surface area contributed by atoms with Gasteiger partial charge in [-0.05, 0) is 53.5 Å². The highest BCUT2D eigenvalue weighted by molar-refractivity contribution is 9.10. The maximum atomic E-state index is 13.7. The number of hydrogen-bond acceptors (Lipinski definition) is 2. The SMILES string of the molecule is CCn1cc(Br)cc1C(=O)N1CCN(C(=O)c2ccc(C)c(F)c2)CC1. The average molecular weight is 422 g/mol. The number of aryl methyl sites for hydroxylation is 2. The minimum absolute atomic E-state index is 0.0361. The molecule has 3 rings (SSSR count). The number of rotatable bonds is 3. The van der Waals surface area contributed by atoms with Crippen LogP contribution in [0.1, 0.15) is 33.3 Å². The van der Waals surface area contributed by atoms with Crippen molar-refractivity contribution < 1.29 is 14.0 Å². The third-order valence-electron chi connectivity index (χ3n) is 4.70. The second-order valence-corrected chi connectivity index (χ2v) is 7.29. The zero-order chi connectivity index (χ0) is 18.8. The molecular weight excluding hydrogens is 401 g/mol. The average Bonchev–Trinajstić information content (AvgIpc) is 3.03. The summed E-state index contributed by atoms with van der Waals surface area (Å²) >= 11 is 3.41. The fourth-order valence-electron chi connectivity index (χ4n) is 3.10. The van der Waals surface area contributed by atoms with Crippen molar-refractivity contribution >= 4 is 27.7 Å². The smallest absolute Gasteiger partial charge is 0.270 e. The van der Waals surface area contributed by atoms with Crippen LogP contribution < -0.4 is 0 Å². The number of benzene rings is 1. The quantitative estimate of drug-likeness (QED) is 0.762. The summed E-state index contributed by atoms with van der Waals surface area (Å²) in [6.07, 6.45) is 1.89. The Morgan fingerprint density at radius 2 is 1.69 bits per heavy atom. The Hall–Kier alpha value is -2.15. The van der Waals surface area contributed by atoms with Gasteiger partial charge in [-0.3, -0.25) is 9.59 Å². The molecule has 26 heavy (non-hydrogen) atoms. The monoisotopic (exact) mass is 421 g/mol. The van der Waals surface area contributed by atoms with Gasteiger partial charge in [0, 0.05) is 49.0 Å². The topological polar surface area (TPSA) is 45.6 Å². The van der Waals surface area contributed by atoms with Crippen LogP contribution in [0.25, 0.3) is 0 Å². The molecule has 1 aliphatic rings. The predicted octanol–water partition coefficient (Wildman–Crippen LogP) is 3.32. The van der Waals surface area contributed by atoms with Crippen LogP contribution in [-0.4, -0.2) is 52.4 Å². The van der Waals surface area contributed by atoms with E-state index < -0.39 is 0 Å². The molecule has 0 radical (unpaired) electrons. The lowest BCUT2D eigenvalue weighted by molar-refractivity contribution is 0.0529. The zero-order valence-electron chi connectivity index (χ0n) is 14.8. The van der Waals surface area contributed by atoms with E-state index in [4.69, 9.17) is 0 Å². The maximum absolute atomic E-state index is 13.7. The normalized spacial score (nSPS) is 14.6. The molecule has 0 N–H and O–H groups in total. The molecule has 7 heteroatoms. The van der Waals surface area contributed by atoms with Gasteiger partial charge in [0.1, 0.15) is 11.5 Å². The van der Waals surface area contributed by atoms with Gasteiger partial charge in [0.2, 0.25) is 0 Å². The number of piperazine rings is 1. The van der Waals surface area contributed by atoms with Crippen molar-refractivity contribution in [2.24, 2.45) is 0 Å². The van der Waals surface area contributed by atoms with Crippen molar-refractivity contribution in [3.63, 3.8) is 0 Å². The molecule has 0 saturated carbocycles. The third kappa shape index (κ3) is 3.67. The van der Waals surface area contributed by atoms with E-state index in [0.717, 1.165) is 4.47 Å². The van der Waals surface area contributed by atoms with E-state index in [1.807, 2.05) is 23.8 Å². The second kappa shape index (κ2) is 7.61. The predicted molar refractivity (Wildman–Crippen MR) is 101 cm³/mol. The molecule has 5 nitrogen and oxygen atoms in total. The van der Waals surface area contributed by atoms with Crippen LogP contribution in [0.15, 0.2) is 34.9 Å². The van der Waals surface area contributed by atoms with E-state index in [-0.39, 0.29) is 17.6 Å². The third-order valence-corrected chi connectivity index (χ3v) is 5.13. The van der Waals surface area contributed by atoms with Gasteiger partial charge < -0.3 is 14.4 Å². The highest BCUT2D eigenvalue weighted by Crippen LogP contribution is 2.18. The molecule has 2 amide bonds. The van der Waals surface area contributed by atoms with Crippen LogP contribution in [0.3, 0.4) is 0 Å². The minimum atomic E-state index is -0.379. The van der Waals surface area contributed by atoms with Gasteiger partial charge in [-0.1, -0.05) is 6.07 Å². The standard InChI is InChI=1S/C19H21BrFN3O2/c1-3-22-12-15(20)11-17(22)19(26)24-8-6-23(7-9-24)18(25)14-5-4-13(2)16(21)10-14/h4-5,10-12H,3,6-9H2,1-2H3. The molecule has 0 atom stereocenters. The summed E-state index contributed by atoms with van der Waals surface area (Å²) in [5.41, 5.74) is 1.50. The molecule has 0 bridgehead atoms. The Morgan fingerprint density at radius 3 is 2.27 bits per heavy atom. The maximum Gasteiger partial charge on any atom is 0.270 e. The number of aromatic nitrogens is 1. The number of carbonyl (C=O) groups is 2. The van der Waals surface area contributed by atoms with Crippen LogP contribution in [-0.2, 0) is 6.54 Å². The van der Waals surface area contributed by atoms with E-state index in [9.17, 15) is 14.0 Å². The lowest BCUT2D eigenvalue weighted by Gasteiger charge is -2.35. The molecular formula is C19H21BrFN3O2. The molecule has 1 aromatic carbocycles. The van der Waals surface area contributed by atoms with Gasteiger partial charge in [-0.2, -0.15) is 0 Å². The van der Waals surface area contributed by atoms with E-state index in [2.05, 4.69) is 15.9 Å². The second-order valence-electron chi connectivity index (χ2n) is 6.38. The number of carbonyl (C=O) groups excluding carboxylic acids is 2. The lowest BCUT2D eigenvalue weighted by atomic mass is 10.1. The van der Waals surface area contributed by atoms with Gasteiger partial charge in [-0.15, -0.1) is 0 Å². The molecule has 0 aliphatic carbocycles. The molecule has 1 saturated heterocycles. The molecule has 1 aromatic heterocycles. The molecule has 2 heterocycles. The Morgan fingerprint density at radius 1 is 1.08 bits per heavy atom. The van der Waals surface area contributed by atoms with Crippen LogP contribution in [0.4, 0.5) is 4.39 Å². The van der Waals surface area contributed by atoms with E-state index >= 15 is 0 Å². The summed E-state index contributed by atoms with van der Waals surface area (Å²) in [6, 6.07) is 6.35. The van der Waals surface area contributed by atoms with Crippen molar-refractivity contribution in [3.05, 3.63) is 57.6 Å². The summed E-state index contributed by atoms with van der Waals surface area (Å²) < 4.78 is 16.5. The van der Waals surface area contributed by atoms with Gasteiger partial charge in [0.15, 0.2) is 0 Å². The van der Waals surface area contributed by atoms with Crippen molar-refractivity contribution in [3.8, 4) is 0 Å². The first-order valence-corrected chi connectivity index (χ1v) is 9.40. The van der Waals surface area contributed by atoms with Gasteiger partial charge in [0.25, 0.3) is 11.8 Å². The summed E-state index contributed by atoms with van der Waals surface area (Å²) in [5, 5.41) is 0. The van der Waals surface area contributed by atoms with E-state index in [1.54, 1.807) is 28.9 Å². The fraction of sp³-hybridized carbons (Fsp3) is 0.368. The largest absolute Gasteiger partial charge is 0.343 e. The van der Waals surface area contributed by atoms with Gasteiger partial charge in [-0.25, -0.2) is 4.39 Å². The van der Waals surface area contributed by atoms with Crippen molar-refractivity contribution in [2.75, 3.05) is 26.2 Å². The first kappa shape index (κ1) is 18.6. The van der Waals surface area contributed by atoms with Crippen LogP contribution in [0, 0.1) is 12.7 Å². The first-order valence-electron chi connectivity index (χ1n) is 8.61. The highest BCUT2D eigenvalue weighted by atomic mass is 79.9. The molecule has 138 valence electrons. The lowest BCUT2D eigenvalue weighted by Crippen LogP contribution is -2.50.